The van der Waals surface area contributed by atoms with Gasteiger partial charge in [-0.25, -0.2) is 18.7 Å². The van der Waals surface area contributed by atoms with Crippen molar-refractivity contribution in [1.82, 2.24) is 29.5 Å². The molecule has 10 heteroatoms. The third-order valence-corrected chi connectivity index (χ3v) is 6.99. The Balaban J connectivity index is 1.29. The van der Waals surface area contributed by atoms with E-state index in [0.717, 1.165) is 55.8 Å². The number of halogens is 2. The summed E-state index contributed by atoms with van der Waals surface area (Å²) >= 11 is 0. The monoisotopic (exact) mass is 466 g/mol. The molecule has 1 saturated carbocycles. The van der Waals surface area contributed by atoms with Crippen LogP contribution in [0.5, 0.6) is 0 Å². The summed E-state index contributed by atoms with van der Waals surface area (Å²) in [6.07, 6.45) is 6.59. The number of nitrogens with one attached hydrogen (secondary N) is 3. The molecule has 8 nitrogen and oxygen atoms in total. The van der Waals surface area contributed by atoms with Crippen LogP contribution in [0.3, 0.4) is 0 Å². The summed E-state index contributed by atoms with van der Waals surface area (Å²) in [4.78, 5) is 9.40. The van der Waals surface area contributed by atoms with Gasteiger partial charge in [-0.2, -0.15) is 9.61 Å². The Labute approximate surface area is 195 Å². The van der Waals surface area contributed by atoms with Crippen LogP contribution in [0.25, 0.3) is 16.7 Å². The Morgan fingerprint density at radius 3 is 2.62 bits per heavy atom. The van der Waals surface area contributed by atoms with E-state index in [0.29, 0.717) is 35.2 Å². The fourth-order valence-corrected chi connectivity index (χ4v) is 4.78. The van der Waals surface area contributed by atoms with Crippen molar-refractivity contribution >= 4 is 28.3 Å². The first-order chi connectivity index (χ1) is 16.6. The first-order valence-electron chi connectivity index (χ1n) is 11.9. The molecule has 4 aromatic rings. The zero-order chi connectivity index (χ0) is 23.2. The maximum absolute atomic E-state index is 13.7. The van der Waals surface area contributed by atoms with Crippen LogP contribution in [-0.4, -0.2) is 43.8 Å². The molecule has 6 rings (SSSR count). The highest BCUT2D eigenvalue weighted by molar-refractivity contribution is 5.76. The van der Waals surface area contributed by atoms with Crippen molar-refractivity contribution in [2.24, 2.45) is 13.0 Å². The van der Waals surface area contributed by atoms with Gasteiger partial charge in [0.2, 0.25) is 0 Å². The van der Waals surface area contributed by atoms with E-state index in [1.165, 1.54) is 24.5 Å². The average Bonchev–Trinajstić information content (AvgIpc) is 3.53. The molecule has 0 unspecified atom stereocenters. The summed E-state index contributed by atoms with van der Waals surface area (Å²) < 4.78 is 31.0. The molecule has 1 aliphatic carbocycles. The van der Waals surface area contributed by atoms with Crippen molar-refractivity contribution in [1.29, 1.82) is 0 Å². The zero-order valence-corrected chi connectivity index (χ0v) is 19.1. The normalized spacial score (nSPS) is 17.0. The van der Waals surface area contributed by atoms with Gasteiger partial charge in [-0.15, -0.1) is 0 Å². The van der Waals surface area contributed by atoms with E-state index in [-0.39, 0.29) is 0 Å². The Kier molecular flexibility index (Phi) is 5.32. The molecule has 0 radical (unpaired) electrons. The van der Waals surface area contributed by atoms with Gasteiger partial charge >= 0.3 is 0 Å². The molecule has 1 aliphatic heterocycles. The van der Waals surface area contributed by atoms with Crippen LogP contribution in [0.1, 0.15) is 43.0 Å². The van der Waals surface area contributed by atoms with Crippen LogP contribution in [-0.2, 0) is 13.6 Å². The standard InChI is InChI=1S/C24H28F2N8/c1-33-20-9-18(26)17(25)8-19(20)31-23(33)13-29-22-10-21(28-11-14-4-6-27-7-5-14)32-24-16(15-2-3-15)12-30-34(22)24/h8-10,12,14-15,27,29H,2-7,11,13H2,1H3,(H,28,32). The molecule has 0 amide bonds. The molecule has 4 heterocycles. The van der Waals surface area contributed by atoms with Crippen LogP contribution in [0.15, 0.2) is 24.4 Å². The van der Waals surface area contributed by atoms with Gasteiger partial charge in [0.25, 0.3) is 0 Å². The lowest BCUT2D eigenvalue weighted by atomic mass is 9.98. The van der Waals surface area contributed by atoms with Crippen LogP contribution in [0.2, 0.25) is 0 Å². The lowest BCUT2D eigenvalue weighted by Crippen LogP contribution is -2.31. The quantitative estimate of drug-likeness (QED) is 0.384. The average molecular weight is 467 g/mol. The first-order valence-corrected chi connectivity index (χ1v) is 11.9. The zero-order valence-electron chi connectivity index (χ0n) is 19.1. The Bertz CT molecular complexity index is 1350. The molecule has 1 aromatic carbocycles. The number of benzene rings is 1. The van der Waals surface area contributed by atoms with Gasteiger partial charge in [-0.1, -0.05) is 0 Å². The topological polar surface area (TPSA) is 84.1 Å². The lowest BCUT2D eigenvalue weighted by molar-refractivity contribution is 0.389. The van der Waals surface area contributed by atoms with Gasteiger partial charge in [0, 0.05) is 37.4 Å². The molecule has 34 heavy (non-hydrogen) atoms. The van der Waals surface area contributed by atoms with Crippen molar-refractivity contribution in [2.45, 2.75) is 38.1 Å². The molecule has 1 saturated heterocycles. The molecule has 2 fully saturated rings. The molecule has 3 aromatic heterocycles. The number of aryl methyl sites for hydroxylation is 1. The van der Waals surface area contributed by atoms with Crippen molar-refractivity contribution in [2.75, 3.05) is 30.3 Å². The summed E-state index contributed by atoms with van der Waals surface area (Å²) in [5.74, 6) is 1.68. The van der Waals surface area contributed by atoms with Gasteiger partial charge in [-0.3, -0.25) is 0 Å². The van der Waals surface area contributed by atoms with Crippen LogP contribution in [0, 0.1) is 17.6 Å². The van der Waals surface area contributed by atoms with E-state index in [9.17, 15) is 8.78 Å². The minimum atomic E-state index is -0.894. The second-order valence-electron chi connectivity index (χ2n) is 9.41. The summed E-state index contributed by atoms with van der Waals surface area (Å²) in [5, 5.41) is 15.0. The largest absolute Gasteiger partial charge is 0.370 e. The van der Waals surface area contributed by atoms with Gasteiger partial charge < -0.3 is 20.5 Å². The van der Waals surface area contributed by atoms with Crippen LogP contribution < -0.4 is 16.0 Å². The summed E-state index contributed by atoms with van der Waals surface area (Å²) in [6, 6.07) is 4.29. The summed E-state index contributed by atoms with van der Waals surface area (Å²) in [7, 11) is 1.80. The molecular weight excluding hydrogens is 438 g/mol. The number of piperidine rings is 1. The van der Waals surface area contributed by atoms with Crippen molar-refractivity contribution in [3.63, 3.8) is 0 Å². The number of aromatic nitrogens is 5. The van der Waals surface area contributed by atoms with E-state index < -0.39 is 11.6 Å². The minimum Gasteiger partial charge on any atom is -0.370 e. The number of anilines is 2. The van der Waals surface area contributed by atoms with Crippen LogP contribution in [0.4, 0.5) is 20.4 Å². The van der Waals surface area contributed by atoms with E-state index >= 15 is 0 Å². The molecule has 2 aliphatic rings. The molecule has 3 N–H and O–H groups in total. The van der Waals surface area contributed by atoms with E-state index in [1.807, 2.05) is 16.8 Å². The number of hydrogen-bond donors (Lipinski definition) is 3. The highest BCUT2D eigenvalue weighted by atomic mass is 19.2. The summed E-state index contributed by atoms with van der Waals surface area (Å²) in [5.41, 5.74) is 3.03. The smallest absolute Gasteiger partial charge is 0.163 e. The molecule has 0 spiro atoms. The predicted octanol–water partition coefficient (Wildman–Crippen LogP) is 3.80. The van der Waals surface area contributed by atoms with E-state index in [2.05, 4.69) is 26.0 Å². The Hall–Kier alpha value is -3.27. The number of fused-ring (bicyclic) bond motifs is 2. The fourth-order valence-electron chi connectivity index (χ4n) is 4.78. The van der Waals surface area contributed by atoms with Crippen molar-refractivity contribution < 1.29 is 8.78 Å². The van der Waals surface area contributed by atoms with E-state index in [4.69, 9.17) is 4.98 Å². The molecule has 178 valence electrons. The maximum atomic E-state index is 13.7. The highest BCUT2D eigenvalue weighted by Crippen LogP contribution is 2.42. The maximum Gasteiger partial charge on any atom is 0.163 e. The SMILES string of the molecule is Cn1c(CNc2cc(NCC3CCNCC3)nc3c(C4CC4)cnn23)nc2cc(F)c(F)cc21. The Morgan fingerprint density at radius 1 is 1.03 bits per heavy atom. The number of imidazole rings is 1. The van der Waals surface area contributed by atoms with Crippen molar-refractivity contribution in [3.05, 3.63) is 47.4 Å². The molecule has 0 atom stereocenters. The third-order valence-electron chi connectivity index (χ3n) is 6.99. The first kappa shape index (κ1) is 21.3. The van der Waals surface area contributed by atoms with Gasteiger partial charge in [0.15, 0.2) is 17.3 Å². The minimum absolute atomic E-state index is 0.375. The second kappa shape index (κ2) is 8.50. The number of rotatable bonds is 7. The predicted molar refractivity (Wildman–Crippen MR) is 127 cm³/mol. The Morgan fingerprint density at radius 2 is 1.82 bits per heavy atom. The van der Waals surface area contributed by atoms with Crippen LogP contribution >= 0.6 is 0 Å². The van der Waals surface area contributed by atoms with E-state index in [1.54, 1.807) is 11.6 Å². The fraction of sp³-hybridized carbons (Fsp3) is 0.458. The van der Waals surface area contributed by atoms with Gasteiger partial charge in [0.05, 0.1) is 23.8 Å². The molecular formula is C24H28F2N8. The second-order valence-corrected chi connectivity index (χ2v) is 9.41. The van der Waals surface area contributed by atoms with Gasteiger partial charge in [0.1, 0.15) is 17.5 Å². The highest BCUT2D eigenvalue weighted by Gasteiger charge is 2.28. The van der Waals surface area contributed by atoms with Crippen molar-refractivity contribution in [3.8, 4) is 0 Å². The molecule has 0 bridgehead atoms. The summed E-state index contributed by atoms with van der Waals surface area (Å²) in [6.45, 7) is 3.39. The van der Waals surface area contributed by atoms with Gasteiger partial charge in [-0.05, 0) is 50.6 Å². The number of hydrogen-bond acceptors (Lipinski definition) is 6. The lowest BCUT2D eigenvalue weighted by Gasteiger charge is -2.23. The third kappa shape index (κ3) is 3.96. The number of nitrogens with zero attached hydrogens (tertiary/aromatic N) is 5.